The highest BCUT2D eigenvalue weighted by Crippen LogP contribution is 2.32. The molecule has 162 valence electrons. The molecule has 2 heterocycles. The predicted molar refractivity (Wildman–Crippen MR) is 111 cm³/mol. The van der Waals surface area contributed by atoms with Crippen molar-refractivity contribution in [3.05, 3.63) is 70.2 Å². The first-order valence-electron chi connectivity index (χ1n) is 9.49. The Bertz CT molecular complexity index is 1200. The third-order valence-corrected chi connectivity index (χ3v) is 7.91. The number of carbonyl (C=O) groups is 1. The molecule has 1 aromatic heterocycles. The molecule has 1 aliphatic heterocycles. The summed E-state index contributed by atoms with van der Waals surface area (Å²) in [7, 11) is -3.98. The Morgan fingerprint density at radius 1 is 1.10 bits per heavy atom. The van der Waals surface area contributed by atoms with E-state index in [0.717, 1.165) is 17.4 Å². The molecule has 11 heteroatoms. The molecule has 1 N–H and O–H groups in total. The molecule has 7 nitrogen and oxygen atoms in total. The molecule has 1 saturated heterocycles. The van der Waals surface area contributed by atoms with Crippen molar-refractivity contribution >= 4 is 33.0 Å². The van der Waals surface area contributed by atoms with Crippen LogP contribution in [-0.2, 0) is 10.0 Å². The summed E-state index contributed by atoms with van der Waals surface area (Å²) in [5, 5.41) is 11.3. The second-order valence-corrected chi connectivity index (χ2v) is 9.95. The van der Waals surface area contributed by atoms with Crippen molar-refractivity contribution in [2.45, 2.75) is 23.7 Å². The van der Waals surface area contributed by atoms with Crippen LogP contribution in [0, 0.1) is 11.6 Å². The Balaban J connectivity index is 1.48. The molecule has 2 aromatic carbocycles. The second-order valence-electron chi connectivity index (χ2n) is 7.04. The van der Waals surface area contributed by atoms with E-state index in [0.29, 0.717) is 23.5 Å². The summed E-state index contributed by atoms with van der Waals surface area (Å²) in [6, 6.07) is 10.6. The SMILES string of the molecule is O=C(Nc1ccc(F)cc1)c1nnc([C@@H]2CCCN(S(=O)(=O)c3ccccc3F)C2)s1. The Kier molecular flexibility index (Phi) is 6.08. The van der Waals surface area contributed by atoms with Crippen LogP contribution in [0.3, 0.4) is 0 Å². The zero-order chi connectivity index (χ0) is 22.0. The molecule has 31 heavy (non-hydrogen) atoms. The molecule has 0 spiro atoms. The number of halogens is 2. The molecule has 0 radical (unpaired) electrons. The van der Waals surface area contributed by atoms with Crippen LogP contribution >= 0.6 is 11.3 Å². The van der Waals surface area contributed by atoms with Crippen molar-refractivity contribution in [1.82, 2.24) is 14.5 Å². The van der Waals surface area contributed by atoms with Gasteiger partial charge < -0.3 is 5.32 Å². The van der Waals surface area contributed by atoms with E-state index in [1.165, 1.54) is 46.8 Å². The minimum Gasteiger partial charge on any atom is -0.320 e. The molecule has 0 bridgehead atoms. The molecule has 0 aliphatic carbocycles. The smallest absolute Gasteiger partial charge is 0.286 e. The molecule has 4 rings (SSSR count). The fourth-order valence-electron chi connectivity index (χ4n) is 3.36. The molecule has 1 atom stereocenters. The van der Waals surface area contributed by atoms with Gasteiger partial charge in [-0.05, 0) is 49.2 Å². The number of aromatic nitrogens is 2. The number of sulfonamides is 1. The van der Waals surface area contributed by atoms with Gasteiger partial charge in [-0.15, -0.1) is 10.2 Å². The Morgan fingerprint density at radius 2 is 1.84 bits per heavy atom. The van der Waals surface area contributed by atoms with Crippen LogP contribution in [0.15, 0.2) is 53.4 Å². The molecule has 0 unspecified atom stereocenters. The number of nitrogens with zero attached hydrogens (tertiary/aromatic N) is 3. The van der Waals surface area contributed by atoms with Gasteiger partial charge in [-0.25, -0.2) is 17.2 Å². The number of hydrogen-bond donors (Lipinski definition) is 1. The fraction of sp³-hybridized carbons (Fsp3) is 0.250. The van der Waals surface area contributed by atoms with Gasteiger partial charge in [-0.2, -0.15) is 4.31 Å². The molecule has 3 aromatic rings. The zero-order valence-electron chi connectivity index (χ0n) is 16.2. The lowest BCUT2D eigenvalue weighted by Gasteiger charge is -2.30. The van der Waals surface area contributed by atoms with Gasteiger partial charge in [0.25, 0.3) is 5.91 Å². The summed E-state index contributed by atoms with van der Waals surface area (Å²) in [6.45, 7) is 0.411. The lowest BCUT2D eigenvalue weighted by Crippen LogP contribution is -2.39. The molecule has 1 aliphatic rings. The lowest BCUT2D eigenvalue weighted by molar-refractivity contribution is 0.102. The van der Waals surface area contributed by atoms with Gasteiger partial charge in [-0.1, -0.05) is 23.5 Å². The summed E-state index contributed by atoms with van der Waals surface area (Å²) in [6.07, 6.45) is 1.26. The summed E-state index contributed by atoms with van der Waals surface area (Å²) < 4.78 is 54.1. The predicted octanol–water partition coefficient (Wildman–Crippen LogP) is 3.64. The van der Waals surface area contributed by atoms with Crippen LogP contribution in [0.5, 0.6) is 0 Å². The number of piperidine rings is 1. The van der Waals surface area contributed by atoms with E-state index in [1.54, 1.807) is 0 Å². The number of amides is 1. The van der Waals surface area contributed by atoms with Crippen LogP contribution in [0.25, 0.3) is 0 Å². The minimum atomic E-state index is -3.98. The van der Waals surface area contributed by atoms with Gasteiger partial charge in [0.2, 0.25) is 15.0 Å². The Labute approximate surface area is 181 Å². The molecule has 1 fully saturated rings. The highest BCUT2D eigenvalue weighted by atomic mass is 32.2. The topological polar surface area (TPSA) is 92.3 Å². The highest BCUT2D eigenvalue weighted by Gasteiger charge is 2.34. The van der Waals surface area contributed by atoms with Crippen LogP contribution in [-0.4, -0.2) is 41.9 Å². The van der Waals surface area contributed by atoms with Crippen molar-refractivity contribution in [2.24, 2.45) is 0 Å². The molecule has 1 amide bonds. The zero-order valence-corrected chi connectivity index (χ0v) is 17.8. The summed E-state index contributed by atoms with van der Waals surface area (Å²) >= 11 is 1.08. The Morgan fingerprint density at radius 3 is 2.58 bits per heavy atom. The van der Waals surface area contributed by atoms with Crippen LogP contribution in [0.4, 0.5) is 14.5 Å². The first-order valence-corrected chi connectivity index (χ1v) is 11.8. The Hall–Kier alpha value is -2.76. The number of anilines is 1. The number of nitrogens with one attached hydrogen (secondary N) is 1. The van der Waals surface area contributed by atoms with Gasteiger partial charge in [0.15, 0.2) is 0 Å². The average molecular weight is 465 g/mol. The third kappa shape index (κ3) is 4.63. The van der Waals surface area contributed by atoms with Crippen molar-refractivity contribution in [3.8, 4) is 0 Å². The number of carbonyl (C=O) groups excluding carboxylic acids is 1. The van der Waals surface area contributed by atoms with Gasteiger partial charge in [-0.3, -0.25) is 4.79 Å². The van der Waals surface area contributed by atoms with Gasteiger partial charge >= 0.3 is 0 Å². The highest BCUT2D eigenvalue weighted by molar-refractivity contribution is 7.89. The van der Waals surface area contributed by atoms with Gasteiger partial charge in [0.1, 0.15) is 21.5 Å². The van der Waals surface area contributed by atoms with E-state index in [-0.39, 0.29) is 28.9 Å². The first kappa shape index (κ1) is 21.5. The third-order valence-electron chi connectivity index (χ3n) is 4.92. The van der Waals surface area contributed by atoms with Gasteiger partial charge in [0.05, 0.1) is 0 Å². The number of rotatable bonds is 5. The second kappa shape index (κ2) is 8.77. The molecule has 0 saturated carbocycles. The summed E-state index contributed by atoms with van der Waals surface area (Å²) in [5.41, 5.74) is 0.419. The summed E-state index contributed by atoms with van der Waals surface area (Å²) in [4.78, 5) is 12.0. The van der Waals surface area contributed by atoms with Crippen molar-refractivity contribution < 1.29 is 22.0 Å². The minimum absolute atomic E-state index is 0.119. The van der Waals surface area contributed by atoms with E-state index in [2.05, 4.69) is 15.5 Å². The normalized spacial score (nSPS) is 17.4. The quantitative estimate of drug-likeness (QED) is 0.623. The monoisotopic (exact) mass is 464 g/mol. The maximum Gasteiger partial charge on any atom is 0.286 e. The number of benzene rings is 2. The average Bonchev–Trinajstić information content (AvgIpc) is 3.26. The van der Waals surface area contributed by atoms with Gasteiger partial charge in [0, 0.05) is 24.7 Å². The van der Waals surface area contributed by atoms with Crippen molar-refractivity contribution in [1.29, 1.82) is 0 Å². The molecular formula is C20H18F2N4O3S2. The van der Waals surface area contributed by atoms with E-state index in [9.17, 15) is 22.0 Å². The van der Waals surface area contributed by atoms with E-state index in [4.69, 9.17) is 0 Å². The lowest BCUT2D eigenvalue weighted by atomic mass is 10.0. The van der Waals surface area contributed by atoms with E-state index < -0.39 is 27.6 Å². The number of hydrogen-bond acceptors (Lipinski definition) is 6. The largest absolute Gasteiger partial charge is 0.320 e. The standard InChI is InChI=1S/C20H18F2N4O3S2/c21-14-7-9-15(10-8-14)23-18(27)20-25-24-19(30-20)13-4-3-11-26(12-13)31(28,29)17-6-2-1-5-16(17)22/h1-2,5-10,13H,3-4,11-12H2,(H,23,27)/t13-/m1/s1. The maximum atomic E-state index is 14.1. The van der Waals surface area contributed by atoms with Crippen LogP contribution in [0.2, 0.25) is 0 Å². The van der Waals surface area contributed by atoms with Crippen molar-refractivity contribution in [2.75, 3.05) is 18.4 Å². The fourth-order valence-corrected chi connectivity index (χ4v) is 5.82. The summed E-state index contributed by atoms with van der Waals surface area (Å²) in [5.74, 6) is -1.94. The first-order chi connectivity index (χ1) is 14.8. The maximum absolute atomic E-state index is 14.1. The van der Waals surface area contributed by atoms with Crippen LogP contribution in [0.1, 0.15) is 33.6 Å². The van der Waals surface area contributed by atoms with E-state index >= 15 is 0 Å². The van der Waals surface area contributed by atoms with E-state index in [1.807, 2.05) is 0 Å². The van der Waals surface area contributed by atoms with Crippen LogP contribution < -0.4 is 5.32 Å². The molecular weight excluding hydrogens is 446 g/mol. The van der Waals surface area contributed by atoms with Crippen molar-refractivity contribution in [3.63, 3.8) is 0 Å².